The minimum Gasteiger partial charge on any atom is -0.444 e. The van der Waals surface area contributed by atoms with E-state index in [4.69, 9.17) is 4.74 Å². The fourth-order valence-electron chi connectivity index (χ4n) is 2.33. The highest BCUT2D eigenvalue weighted by Crippen LogP contribution is 2.37. The van der Waals surface area contributed by atoms with E-state index in [1.165, 1.54) is 6.42 Å². The Bertz CT molecular complexity index is 447. The summed E-state index contributed by atoms with van der Waals surface area (Å²) in [6.45, 7) is 3.85. The van der Waals surface area contributed by atoms with E-state index in [0.29, 0.717) is 12.0 Å². The molecule has 0 unspecified atom stereocenters. The number of carbonyl (C=O) groups is 1. The largest absolute Gasteiger partial charge is 0.444 e. The van der Waals surface area contributed by atoms with Gasteiger partial charge in [-0.1, -0.05) is 43.3 Å². The lowest BCUT2D eigenvalue weighted by Crippen LogP contribution is -2.31. The van der Waals surface area contributed by atoms with Gasteiger partial charge in [-0.25, -0.2) is 4.79 Å². The number of ether oxygens (including phenoxy) is 1. The standard InChI is InChI=1S/C16H19BrO2/c1-13(12-14-8-4-2-5-9-14)15(18)19-16(17)10-6-3-7-11-16/h2,4-5,8-9H,1,3,6-7,10-12H2. The summed E-state index contributed by atoms with van der Waals surface area (Å²) in [6, 6.07) is 9.86. The summed E-state index contributed by atoms with van der Waals surface area (Å²) in [5, 5.41) is 0. The summed E-state index contributed by atoms with van der Waals surface area (Å²) in [5.74, 6) is -0.289. The normalized spacial score (nSPS) is 17.7. The third kappa shape index (κ3) is 4.20. The number of rotatable bonds is 4. The Morgan fingerprint density at radius 2 is 1.84 bits per heavy atom. The van der Waals surface area contributed by atoms with Crippen LogP contribution in [0, 0.1) is 0 Å². The topological polar surface area (TPSA) is 26.3 Å². The molecule has 19 heavy (non-hydrogen) atoms. The zero-order valence-electron chi connectivity index (χ0n) is 11.0. The van der Waals surface area contributed by atoms with Gasteiger partial charge in [0.2, 0.25) is 0 Å². The molecule has 1 aliphatic carbocycles. The average molecular weight is 323 g/mol. The third-order valence-electron chi connectivity index (χ3n) is 3.42. The van der Waals surface area contributed by atoms with Crippen LogP contribution in [0.2, 0.25) is 0 Å². The molecule has 0 amide bonds. The molecule has 0 saturated heterocycles. The highest BCUT2D eigenvalue weighted by molar-refractivity contribution is 9.10. The molecule has 1 fully saturated rings. The fourth-order valence-corrected chi connectivity index (χ4v) is 3.04. The third-order valence-corrected chi connectivity index (χ3v) is 4.38. The molecule has 3 heteroatoms. The van der Waals surface area contributed by atoms with Crippen molar-refractivity contribution in [3.8, 4) is 0 Å². The lowest BCUT2D eigenvalue weighted by molar-refractivity contribution is -0.148. The summed E-state index contributed by atoms with van der Waals surface area (Å²) in [6.07, 6.45) is 5.74. The highest BCUT2D eigenvalue weighted by Gasteiger charge is 2.33. The van der Waals surface area contributed by atoms with Crippen LogP contribution < -0.4 is 0 Å². The molecular weight excluding hydrogens is 304 g/mol. The molecule has 1 aromatic carbocycles. The van der Waals surface area contributed by atoms with E-state index in [0.717, 1.165) is 31.2 Å². The van der Waals surface area contributed by atoms with Gasteiger partial charge in [-0.15, -0.1) is 0 Å². The number of carbonyl (C=O) groups excluding carboxylic acids is 1. The van der Waals surface area contributed by atoms with Gasteiger partial charge < -0.3 is 4.74 Å². The Balaban J connectivity index is 1.90. The Morgan fingerprint density at radius 3 is 2.47 bits per heavy atom. The summed E-state index contributed by atoms with van der Waals surface area (Å²) < 4.78 is 5.12. The van der Waals surface area contributed by atoms with E-state index in [9.17, 15) is 4.79 Å². The molecule has 2 nitrogen and oxygen atoms in total. The van der Waals surface area contributed by atoms with Gasteiger partial charge in [0.15, 0.2) is 4.51 Å². The molecule has 0 spiro atoms. The molecular formula is C16H19BrO2. The lowest BCUT2D eigenvalue weighted by Gasteiger charge is -2.31. The smallest absolute Gasteiger partial charge is 0.335 e. The van der Waals surface area contributed by atoms with Crippen molar-refractivity contribution in [2.75, 3.05) is 0 Å². The number of alkyl halides is 1. The van der Waals surface area contributed by atoms with E-state index in [1.54, 1.807) is 0 Å². The van der Waals surface area contributed by atoms with Crippen molar-refractivity contribution >= 4 is 21.9 Å². The van der Waals surface area contributed by atoms with Crippen LogP contribution in [0.3, 0.4) is 0 Å². The quantitative estimate of drug-likeness (QED) is 0.467. The van der Waals surface area contributed by atoms with Crippen LogP contribution in [0.5, 0.6) is 0 Å². The van der Waals surface area contributed by atoms with Crippen LogP contribution in [0.25, 0.3) is 0 Å². The SMILES string of the molecule is C=C(Cc1ccccc1)C(=O)OC1(Br)CCCCC1. The van der Waals surface area contributed by atoms with Crippen LogP contribution >= 0.6 is 15.9 Å². The Labute approximate surface area is 123 Å². The number of esters is 1. The van der Waals surface area contributed by atoms with Gasteiger partial charge in [0.05, 0.1) is 0 Å². The van der Waals surface area contributed by atoms with Crippen molar-refractivity contribution in [3.05, 3.63) is 48.0 Å². The summed E-state index contributed by atoms with van der Waals surface area (Å²) in [5.41, 5.74) is 1.59. The van der Waals surface area contributed by atoms with Crippen molar-refractivity contribution in [2.45, 2.75) is 43.0 Å². The van der Waals surface area contributed by atoms with Crippen LogP contribution in [0.15, 0.2) is 42.5 Å². The van der Waals surface area contributed by atoms with E-state index < -0.39 is 4.51 Å². The molecule has 1 aromatic rings. The molecule has 1 aliphatic rings. The second kappa shape index (κ2) is 6.38. The van der Waals surface area contributed by atoms with Crippen molar-refractivity contribution < 1.29 is 9.53 Å². The van der Waals surface area contributed by atoms with E-state index >= 15 is 0 Å². The molecule has 0 N–H and O–H groups in total. The monoisotopic (exact) mass is 322 g/mol. The van der Waals surface area contributed by atoms with E-state index in [2.05, 4.69) is 22.5 Å². The predicted octanol–water partition coefficient (Wildman–Crippen LogP) is 4.38. The van der Waals surface area contributed by atoms with Gasteiger partial charge in [0.1, 0.15) is 0 Å². The van der Waals surface area contributed by atoms with Crippen molar-refractivity contribution in [1.82, 2.24) is 0 Å². The molecule has 0 atom stereocenters. The van der Waals surface area contributed by atoms with Crippen LogP contribution in [-0.2, 0) is 16.0 Å². The van der Waals surface area contributed by atoms with Crippen molar-refractivity contribution in [2.24, 2.45) is 0 Å². The van der Waals surface area contributed by atoms with Gasteiger partial charge >= 0.3 is 5.97 Å². The minimum atomic E-state index is -0.470. The molecule has 0 aromatic heterocycles. The number of hydrogen-bond acceptors (Lipinski definition) is 2. The van der Waals surface area contributed by atoms with Crippen LogP contribution in [-0.4, -0.2) is 10.5 Å². The van der Waals surface area contributed by atoms with Crippen LogP contribution in [0.4, 0.5) is 0 Å². The molecule has 102 valence electrons. The van der Waals surface area contributed by atoms with Gasteiger partial charge in [-0.05, 0) is 47.2 Å². The first-order valence-corrected chi connectivity index (χ1v) is 7.52. The second-order valence-corrected chi connectivity index (χ2v) is 6.54. The maximum atomic E-state index is 12.1. The zero-order valence-corrected chi connectivity index (χ0v) is 12.6. The number of halogens is 1. The van der Waals surface area contributed by atoms with Gasteiger partial charge in [-0.2, -0.15) is 0 Å². The Kier molecular flexibility index (Phi) is 4.81. The second-order valence-electron chi connectivity index (χ2n) is 5.10. The molecule has 2 rings (SSSR count). The van der Waals surface area contributed by atoms with Gasteiger partial charge in [0.25, 0.3) is 0 Å². The Hall–Kier alpha value is -1.09. The number of benzene rings is 1. The molecule has 0 heterocycles. The first-order valence-electron chi connectivity index (χ1n) is 6.73. The lowest BCUT2D eigenvalue weighted by atomic mass is 9.97. The van der Waals surface area contributed by atoms with E-state index in [1.807, 2.05) is 30.3 Å². The fraction of sp³-hybridized carbons (Fsp3) is 0.438. The predicted molar refractivity (Wildman–Crippen MR) is 80.1 cm³/mol. The van der Waals surface area contributed by atoms with Gasteiger partial charge in [-0.3, -0.25) is 0 Å². The maximum absolute atomic E-state index is 12.1. The summed E-state index contributed by atoms with van der Waals surface area (Å²) in [4.78, 5) is 12.1. The first-order chi connectivity index (χ1) is 9.09. The zero-order chi connectivity index (χ0) is 13.7. The summed E-state index contributed by atoms with van der Waals surface area (Å²) in [7, 11) is 0. The van der Waals surface area contributed by atoms with Gasteiger partial charge in [0, 0.05) is 12.0 Å². The molecule has 0 aliphatic heterocycles. The molecule has 0 bridgehead atoms. The average Bonchev–Trinajstić information content (AvgIpc) is 2.40. The highest BCUT2D eigenvalue weighted by atomic mass is 79.9. The minimum absolute atomic E-state index is 0.289. The summed E-state index contributed by atoms with van der Waals surface area (Å²) >= 11 is 3.57. The van der Waals surface area contributed by atoms with E-state index in [-0.39, 0.29) is 5.97 Å². The Morgan fingerprint density at radius 1 is 1.21 bits per heavy atom. The maximum Gasteiger partial charge on any atom is 0.335 e. The van der Waals surface area contributed by atoms with Crippen molar-refractivity contribution in [1.29, 1.82) is 0 Å². The van der Waals surface area contributed by atoms with Crippen LogP contribution in [0.1, 0.15) is 37.7 Å². The van der Waals surface area contributed by atoms with Crippen molar-refractivity contribution in [3.63, 3.8) is 0 Å². The molecule has 0 radical (unpaired) electrons. The first kappa shape index (κ1) is 14.3. The number of hydrogen-bond donors (Lipinski definition) is 0. The molecule has 1 saturated carbocycles.